The molecule has 5 rings (SSSR count). The number of nitrogens with zero attached hydrogens (tertiary/aromatic N) is 2. The number of fused-ring (bicyclic) bond motifs is 8. The Hall–Kier alpha value is -3.15. The summed E-state index contributed by atoms with van der Waals surface area (Å²) in [6.07, 6.45) is 1.66. The first kappa shape index (κ1) is 11.5. The molecule has 3 heterocycles. The second-order valence-electron chi connectivity index (χ2n) is 5.51. The molecule has 0 aliphatic carbocycles. The molecular formula is C16H10N4O2. The van der Waals surface area contributed by atoms with Gasteiger partial charge in [-0.25, -0.2) is 4.98 Å². The van der Waals surface area contributed by atoms with Crippen molar-refractivity contribution >= 4 is 44.7 Å². The van der Waals surface area contributed by atoms with Crippen LogP contribution in [0.15, 0.2) is 30.6 Å². The lowest BCUT2D eigenvalue weighted by molar-refractivity contribution is 0.0880. The van der Waals surface area contributed by atoms with E-state index in [0.717, 1.165) is 21.8 Å². The number of aromatic nitrogens is 3. The Morgan fingerprint density at radius 2 is 1.86 bits per heavy atom. The average molecular weight is 290 g/mol. The summed E-state index contributed by atoms with van der Waals surface area (Å²) in [5.41, 5.74) is 3.95. The summed E-state index contributed by atoms with van der Waals surface area (Å²) >= 11 is 0. The summed E-state index contributed by atoms with van der Waals surface area (Å²) in [4.78, 5) is 32.3. The minimum Gasteiger partial charge on any atom is -0.353 e. The van der Waals surface area contributed by atoms with Crippen LogP contribution in [0.3, 0.4) is 0 Å². The number of hydrogen-bond acceptors (Lipinski definition) is 3. The van der Waals surface area contributed by atoms with Crippen LogP contribution >= 0.6 is 0 Å². The van der Waals surface area contributed by atoms with Crippen LogP contribution in [0.1, 0.15) is 20.7 Å². The maximum absolute atomic E-state index is 12.3. The first-order chi connectivity index (χ1) is 10.7. The van der Waals surface area contributed by atoms with Gasteiger partial charge < -0.3 is 9.55 Å². The number of imidazole rings is 1. The molecule has 0 bridgehead atoms. The molecule has 4 aromatic rings. The lowest BCUT2D eigenvalue weighted by atomic mass is 10.00. The van der Waals surface area contributed by atoms with E-state index in [1.165, 1.54) is 0 Å². The standard InChI is InChI=1S/C16H10N4O2/c1-20-6-17-13-12-9(7-4-2-3-5-8(7)18-12)10-11(14(13)20)16(22)19-15(10)21/h2-6,18H,1H3,(H,19,21,22). The van der Waals surface area contributed by atoms with Crippen LogP contribution in [0, 0.1) is 0 Å². The molecule has 2 N–H and O–H groups in total. The van der Waals surface area contributed by atoms with Gasteiger partial charge in [0.15, 0.2) is 0 Å². The van der Waals surface area contributed by atoms with Crippen LogP contribution in [-0.2, 0) is 7.05 Å². The molecule has 0 radical (unpaired) electrons. The van der Waals surface area contributed by atoms with Crippen LogP contribution in [0.25, 0.3) is 32.8 Å². The number of aromatic amines is 1. The third-order valence-corrected chi connectivity index (χ3v) is 4.30. The van der Waals surface area contributed by atoms with Crippen molar-refractivity contribution < 1.29 is 9.59 Å². The van der Waals surface area contributed by atoms with Crippen molar-refractivity contribution in [2.75, 3.05) is 0 Å². The lowest BCUT2D eigenvalue weighted by Gasteiger charge is -2.03. The molecule has 0 spiro atoms. The SMILES string of the molecule is Cn1cnc2c3[nH]c4ccccc4c3c3c(c21)C(=O)NC3=O. The molecule has 1 aliphatic rings. The summed E-state index contributed by atoms with van der Waals surface area (Å²) < 4.78 is 1.78. The highest BCUT2D eigenvalue weighted by Crippen LogP contribution is 2.38. The van der Waals surface area contributed by atoms with E-state index in [9.17, 15) is 9.59 Å². The summed E-state index contributed by atoms with van der Waals surface area (Å²) in [5, 5.41) is 4.09. The molecule has 0 saturated carbocycles. The highest BCUT2D eigenvalue weighted by Gasteiger charge is 2.34. The second-order valence-corrected chi connectivity index (χ2v) is 5.51. The van der Waals surface area contributed by atoms with Gasteiger partial charge in [0, 0.05) is 23.3 Å². The zero-order valence-corrected chi connectivity index (χ0v) is 11.6. The molecule has 0 unspecified atom stereocenters. The zero-order chi connectivity index (χ0) is 15.0. The largest absolute Gasteiger partial charge is 0.353 e. The average Bonchev–Trinajstić information content (AvgIpc) is 3.14. The summed E-state index contributed by atoms with van der Waals surface area (Å²) in [5.74, 6) is -0.710. The maximum atomic E-state index is 12.3. The van der Waals surface area contributed by atoms with Gasteiger partial charge in [-0.3, -0.25) is 14.9 Å². The first-order valence-corrected chi connectivity index (χ1v) is 6.90. The van der Waals surface area contributed by atoms with E-state index in [0.29, 0.717) is 22.2 Å². The van der Waals surface area contributed by atoms with Gasteiger partial charge in [0.1, 0.15) is 5.52 Å². The number of amides is 2. The normalized spacial score (nSPS) is 14.2. The Morgan fingerprint density at radius 1 is 1.09 bits per heavy atom. The minimum absolute atomic E-state index is 0.349. The lowest BCUT2D eigenvalue weighted by Crippen LogP contribution is -2.20. The number of rotatable bonds is 0. The van der Waals surface area contributed by atoms with Gasteiger partial charge in [-0.1, -0.05) is 18.2 Å². The number of carbonyl (C=O) groups is 2. The Labute approximate surface area is 123 Å². The molecule has 6 nitrogen and oxygen atoms in total. The third kappa shape index (κ3) is 1.14. The van der Waals surface area contributed by atoms with E-state index >= 15 is 0 Å². The fourth-order valence-corrected chi connectivity index (χ4v) is 3.41. The van der Waals surface area contributed by atoms with E-state index in [2.05, 4.69) is 15.3 Å². The quantitative estimate of drug-likeness (QED) is 0.487. The first-order valence-electron chi connectivity index (χ1n) is 6.90. The number of H-pyrrole nitrogens is 1. The molecule has 6 heteroatoms. The van der Waals surface area contributed by atoms with Crippen molar-refractivity contribution in [3.63, 3.8) is 0 Å². The van der Waals surface area contributed by atoms with Crippen LogP contribution < -0.4 is 5.32 Å². The molecule has 0 atom stereocenters. The molecule has 0 saturated heterocycles. The monoisotopic (exact) mass is 290 g/mol. The number of carbonyl (C=O) groups excluding carboxylic acids is 2. The molecule has 1 aliphatic heterocycles. The fraction of sp³-hybridized carbons (Fsp3) is 0.0625. The highest BCUT2D eigenvalue weighted by atomic mass is 16.2. The number of nitrogens with one attached hydrogen (secondary N) is 2. The number of hydrogen-bond donors (Lipinski definition) is 2. The molecule has 2 aromatic heterocycles. The van der Waals surface area contributed by atoms with Gasteiger partial charge in [-0.15, -0.1) is 0 Å². The van der Waals surface area contributed by atoms with E-state index < -0.39 is 0 Å². The van der Waals surface area contributed by atoms with E-state index in [4.69, 9.17) is 0 Å². The number of benzene rings is 2. The second kappa shape index (κ2) is 3.54. The molecule has 2 aromatic carbocycles. The summed E-state index contributed by atoms with van der Waals surface area (Å²) in [6.45, 7) is 0. The van der Waals surface area contributed by atoms with Crippen LogP contribution in [0.4, 0.5) is 0 Å². The minimum atomic E-state index is -0.360. The number of aryl methyl sites for hydroxylation is 1. The van der Waals surface area contributed by atoms with Gasteiger partial charge in [0.2, 0.25) is 0 Å². The third-order valence-electron chi connectivity index (χ3n) is 4.30. The highest BCUT2D eigenvalue weighted by molar-refractivity contribution is 6.35. The molecule has 2 amide bonds. The maximum Gasteiger partial charge on any atom is 0.261 e. The van der Waals surface area contributed by atoms with Crippen molar-refractivity contribution in [2.45, 2.75) is 0 Å². The van der Waals surface area contributed by atoms with Gasteiger partial charge in [0.25, 0.3) is 11.8 Å². The van der Waals surface area contributed by atoms with Gasteiger partial charge in [-0.05, 0) is 6.07 Å². The van der Waals surface area contributed by atoms with Crippen LogP contribution in [0.2, 0.25) is 0 Å². The van der Waals surface area contributed by atoms with E-state index in [-0.39, 0.29) is 11.8 Å². The molecule has 0 fully saturated rings. The van der Waals surface area contributed by atoms with Crippen molar-refractivity contribution in [1.29, 1.82) is 0 Å². The van der Waals surface area contributed by atoms with Gasteiger partial charge in [0.05, 0.1) is 28.5 Å². The molecule has 22 heavy (non-hydrogen) atoms. The van der Waals surface area contributed by atoms with Crippen molar-refractivity contribution in [3.8, 4) is 0 Å². The van der Waals surface area contributed by atoms with Crippen LogP contribution in [0.5, 0.6) is 0 Å². The summed E-state index contributed by atoms with van der Waals surface area (Å²) in [7, 11) is 1.82. The smallest absolute Gasteiger partial charge is 0.261 e. The Bertz CT molecular complexity index is 1150. The van der Waals surface area contributed by atoms with Gasteiger partial charge >= 0.3 is 0 Å². The Balaban J connectivity index is 2.21. The van der Waals surface area contributed by atoms with Crippen LogP contribution in [-0.4, -0.2) is 26.3 Å². The Morgan fingerprint density at radius 3 is 2.73 bits per heavy atom. The number of imide groups is 1. The summed E-state index contributed by atoms with van der Waals surface area (Å²) in [6, 6.07) is 7.74. The van der Waals surface area contributed by atoms with E-state index in [1.54, 1.807) is 10.9 Å². The predicted octanol–water partition coefficient (Wildman–Crippen LogP) is 2.09. The predicted molar refractivity (Wildman–Crippen MR) is 81.9 cm³/mol. The van der Waals surface area contributed by atoms with E-state index in [1.807, 2.05) is 31.3 Å². The fourth-order valence-electron chi connectivity index (χ4n) is 3.41. The number of para-hydroxylation sites is 1. The molecule has 106 valence electrons. The van der Waals surface area contributed by atoms with Crippen molar-refractivity contribution in [1.82, 2.24) is 19.9 Å². The van der Waals surface area contributed by atoms with Crippen molar-refractivity contribution in [3.05, 3.63) is 41.7 Å². The van der Waals surface area contributed by atoms with Gasteiger partial charge in [-0.2, -0.15) is 0 Å². The Kier molecular flexibility index (Phi) is 1.85. The van der Waals surface area contributed by atoms with Crippen molar-refractivity contribution in [2.24, 2.45) is 7.05 Å². The zero-order valence-electron chi connectivity index (χ0n) is 11.6. The topological polar surface area (TPSA) is 79.8 Å². The molecular weight excluding hydrogens is 280 g/mol.